The number of hydrogen-bond acceptors (Lipinski definition) is 2. The topological polar surface area (TPSA) is 3.24 Å². The van der Waals surface area contributed by atoms with Crippen LogP contribution in [-0.2, 0) is 0 Å². The van der Waals surface area contributed by atoms with E-state index < -0.39 is 0 Å². The highest BCUT2D eigenvalue weighted by atomic mass is 32.1. The van der Waals surface area contributed by atoms with E-state index in [4.69, 9.17) is 0 Å². The Bertz CT molecular complexity index is 2890. The molecule has 0 amide bonds. The van der Waals surface area contributed by atoms with Gasteiger partial charge in [0.2, 0.25) is 0 Å². The zero-order valence-corrected chi connectivity index (χ0v) is 29.2. The van der Waals surface area contributed by atoms with Crippen LogP contribution in [0.5, 0.6) is 0 Å². The van der Waals surface area contributed by atoms with Crippen LogP contribution >= 0.6 is 11.3 Å². The normalized spacial score (nSPS) is 11.5. The van der Waals surface area contributed by atoms with Gasteiger partial charge < -0.3 is 4.90 Å². The standard InChI is InChI=1S/C50H33NS/c1-2-12-38-32-39(21-20-34(38)10-1)35-22-27-41(28-23-35)51(48-18-7-5-15-45(48)44-17-9-13-37-11-3-4-14-43(37)44)42-29-24-36(25-30-42)40-26-31-47-46-16-6-8-19-49(46)52-50(47)33-40/h1-33H. The van der Waals surface area contributed by atoms with Crippen molar-refractivity contribution >= 4 is 70.1 Å². The molecule has 0 bridgehead atoms. The first kappa shape index (κ1) is 30.4. The van der Waals surface area contributed by atoms with Crippen molar-refractivity contribution in [3.63, 3.8) is 0 Å². The highest BCUT2D eigenvalue weighted by Gasteiger charge is 2.19. The van der Waals surface area contributed by atoms with Crippen LogP contribution in [0.15, 0.2) is 200 Å². The van der Waals surface area contributed by atoms with Crippen molar-refractivity contribution in [3.8, 4) is 33.4 Å². The molecule has 0 aliphatic heterocycles. The molecule has 2 heteroatoms. The van der Waals surface area contributed by atoms with E-state index in [-0.39, 0.29) is 0 Å². The summed E-state index contributed by atoms with van der Waals surface area (Å²) in [6.45, 7) is 0. The summed E-state index contributed by atoms with van der Waals surface area (Å²) in [5.74, 6) is 0. The number of nitrogens with zero attached hydrogens (tertiary/aromatic N) is 1. The van der Waals surface area contributed by atoms with Crippen LogP contribution < -0.4 is 4.90 Å². The molecule has 10 aromatic rings. The van der Waals surface area contributed by atoms with Gasteiger partial charge in [-0.2, -0.15) is 0 Å². The van der Waals surface area contributed by atoms with Crippen molar-refractivity contribution in [2.75, 3.05) is 4.90 Å². The minimum absolute atomic E-state index is 1.11. The van der Waals surface area contributed by atoms with E-state index >= 15 is 0 Å². The predicted octanol–water partition coefficient (Wildman–Crippen LogP) is 14.8. The average Bonchev–Trinajstić information content (AvgIpc) is 3.59. The molecule has 0 N–H and O–H groups in total. The molecule has 0 saturated heterocycles. The molecule has 0 radical (unpaired) electrons. The van der Waals surface area contributed by atoms with Crippen LogP contribution in [0.2, 0.25) is 0 Å². The fourth-order valence-electron chi connectivity index (χ4n) is 7.66. The molecule has 9 aromatic carbocycles. The lowest BCUT2D eigenvalue weighted by Gasteiger charge is -2.28. The SMILES string of the molecule is c1ccc(N(c2ccc(-c3ccc4ccccc4c3)cc2)c2ccc(-c3ccc4c(c3)sc3ccccc34)cc2)c(-c2cccc3ccccc23)c1. The van der Waals surface area contributed by atoms with Crippen LogP contribution in [0.3, 0.4) is 0 Å². The number of para-hydroxylation sites is 1. The van der Waals surface area contributed by atoms with Crippen molar-refractivity contribution in [1.82, 2.24) is 0 Å². The molecule has 0 saturated carbocycles. The van der Waals surface area contributed by atoms with Gasteiger partial charge >= 0.3 is 0 Å². The average molecular weight is 680 g/mol. The van der Waals surface area contributed by atoms with Crippen LogP contribution in [-0.4, -0.2) is 0 Å². The maximum atomic E-state index is 2.40. The number of benzene rings is 9. The van der Waals surface area contributed by atoms with Crippen molar-refractivity contribution in [2.24, 2.45) is 0 Å². The molecule has 0 unspecified atom stereocenters. The van der Waals surface area contributed by atoms with Crippen LogP contribution in [0.25, 0.3) is 75.1 Å². The van der Waals surface area contributed by atoms with E-state index in [1.54, 1.807) is 0 Å². The predicted molar refractivity (Wildman–Crippen MR) is 225 cm³/mol. The van der Waals surface area contributed by atoms with E-state index in [1.165, 1.54) is 75.1 Å². The van der Waals surface area contributed by atoms with Gasteiger partial charge in [-0.3, -0.25) is 0 Å². The van der Waals surface area contributed by atoms with Gasteiger partial charge in [0.1, 0.15) is 0 Å². The van der Waals surface area contributed by atoms with E-state index in [1.807, 2.05) is 11.3 Å². The molecule has 1 aromatic heterocycles. The second kappa shape index (κ2) is 12.7. The number of hydrogen-bond donors (Lipinski definition) is 0. The minimum Gasteiger partial charge on any atom is -0.310 e. The summed E-state index contributed by atoms with van der Waals surface area (Å²) in [4.78, 5) is 2.40. The lowest BCUT2D eigenvalue weighted by molar-refractivity contribution is 1.28. The van der Waals surface area contributed by atoms with Gasteiger partial charge in [-0.25, -0.2) is 0 Å². The molecule has 1 heterocycles. The first-order valence-corrected chi connectivity index (χ1v) is 18.6. The smallest absolute Gasteiger partial charge is 0.0540 e. The fraction of sp³-hybridized carbons (Fsp3) is 0. The number of anilines is 3. The van der Waals surface area contributed by atoms with E-state index in [9.17, 15) is 0 Å². The molecule has 0 fully saturated rings. The third-order valence-corrected chi connectivity index (χ3v) is 11.4. The molecule has 0 aliphatic rings. The van der Waals surface area contributed by atoms with Gasteiger partial charge in [-0.05, 0) is 97.9 Å². The molecule has 52 heavy (non-hydrogen) atoms. The maximum absolute atomic E-state index is 2.40. The highest BCUT2D eigenvalue weighted by Crippen LogP contribution is 2.44. The van der Waals surface area contributed by atoms with Crippen molar-refractivity contribution in [3.05, 3.63) is 200 Å². The molecule has 244 valence electrons. The Morgan fingerprint density at radius 1 is 0.308 bits per heavy atom. The van der Waals surface area contributed by atoms with Crippen molar-refractivity contribution < 1.29 is 0 Å². The molecule has 0 atom stereocenters. The Morgan fingerprint density at radius 3 is 1.63 bits per heavy atom. The van der Waals surface area contributed by atoms with E-state index in [2.05, 4.69) is 205 Å². The zero-order valence-electron chi connectivity index (χ0n) is 28.4. The molecular formula is C50H33NS. The first-order chi connectivity index (χ1) is 25.8. The van der Waals surface area contributed by atoms with Gasteiger partial charge in [-0.1, -0.05) is 152 Å². The van der Waals surface area contributed by atoms with Gasteiger partial charge in [-0.15, -0.1) is 11.3 Å². The summed E-state index contributed by atoms with van der Waals surface area (Å²) in [6, 6.07) is 73.0. The maximum Gasteiger partial charge on any atom is 0.0540 e. The molecule has 0 aliphatic carbocycles. The summed E-state index contributed by atoms with van der Waals surface area (Å²) in [5.41, 5.74) is 10.6. The van der Waals surface area contributed by atoms with Crippen molar-refractivity contribution in [1.29, 1.82) is 0 Å². The Morgan fingerprint density at radius 2 is 0.846 bits per heavy atom. The van der Waals surface area contributed by atoms with Gasteiger partial charge in [0.25, 0.3) is 0 Å². The molecule has 10 rings (SSSR count). The van der Waals surface area contributed by atoms with Crippen LogP contribution in [0.1, 0.15) is 0 Å². The van der Waals surface area contributed by atoms with Gasteiger partial charge in [0.05, 0.1) is 5.69 Å². The van der Waals surface area contributed by atoms with E-state index in [0.717, 1.165) is 17.1 Å². The summed E-state index contributed by atoms with van der Waals surface area (Å²) in [7, 11) is 0. The number of thiophene rings is 1. The van der Waals surface area contributed by atoms with Crippen LogP contribution in [0.4, 0.5) is 17.1 Å². The Kier molecular flexibility index (Phi) is 7.41. The largest absolute Gasteiger partial charge is 0.310 e. The molecule has 0 spiro atoms. The van der Waals surface area contributed by atoms with Gasteiger partial charge in [0, 0.05) is 37.1 Å². The second-order valence-electron chi connectivity index (χ2n) is 13.3. The number of fused-ring (bicyclic) bond motifs is 5. The monoisotopic (exact) mass is 679 g/mol. The number of rotatable bonds is 6. The van der Waals surface area contributed by atoms with E-state index in [0.29, 0.717) is 0 Å². The second-order valence-corrected chi connectivity index (χ2v) is 14.4. The quantitative estimate of drug-likeness (QED) is 0.169. The van der Waals surface area contributed by atoms with Crippen molar-refractivity contribution in [2.45, 2.75) is 0 Å². The van der Waals surface area contributed by atoms with Gasteiger partial charge in [0.15, 0.2) is 0 Å². The summed E-state index contributed by atoms with van der Waals surface area (Å²) in [6.07, 6.45) is 0. The Balaban J connectivity index is 1.09. The third-order valence-electron chi connectivity index (χ3n) is 10.3. The first-order valence-electron chi connectivity index (χ1n) is 17.8. The zero-order chi connectivity index (χ0) is 34.4. The summed E-state index contributed by atoms with van der Waals surface area (Å²) < 4.78 is 2.65. The lowest BCUT2D eigenvalue weighted by Crippen LogP contribution is -2.11. The minimum atomic E-state index is 1.11. The third kappa shape index (κ3) is 5.33. The lowest BCUT2D eigenvalue weighted by atomic mass is 9.95. The van der Waals surface area contributed by atoms with Crippen LogP contribution in [0, 0.1) is 0 Å². The summed E-state index contributed by atoms with van der Waals surface area (Å²) in [5, 5.41) is 7.64. The fourth-order valence-corrected chi connectivity index (χ4v) is 8.81. The Labute approximate surface area is 307 Å². The molecular weight excluding hydrogens is 647 g/mol. The summed E-state index contributed by atoms with van der Waals surface area (Å²) >= 11 is 1.86. The highest BCUT2D eigenvalue weighted by molar-refractivity contribution is 7.25. The molecule has 1 nitrogen and oxygen atoms in total. The Hall–Kier alpha value is -6.48.